The number of carbonyl (C=O) groups is 2. The second-order valence-electron chi connectivity index (χ2n) is 7.49. The Hall–Kier alpha value is -3.36. The van der Waals surface area contributed by atoms with Crippen LogP contribution in [0.3, 0.4) is 0 Å². The lowest BCUT2D eigenvalue weighted by Gasteiger charge is -2.25. The van der Waals surface area contributed by atoms with Gasteiger partial charge in [0.05, 0.1) is 29.4 Å². The Kier molecular flexibility index (Phi) is 6.96. The highest BCUT2D eigenvalue weighted by Gasteiger charge is 2.35. The van der Waals surface area contributed by atoms with Gasteiger partial charge in [0.1, 0.15) is 12.3 Å². The number of carbonyl (C=O) groups excluding carboxylic acids is 2. The van der Waals surface area contributed by atoms with Crippen LogP contribution >= 0.6 is 22.9 Å². The maximum atomic E-state index is 13.3. The lowest BCUT2D eigenvalue weighted by atomic mass is 10.0. The summed E-state index contributed by atoms with van der Waals surface area (Å²) in [6, 6.07) is 17.7. The SMILES string of the molecule is COc1ccccc1NC(=O)N(C)CC(=O)N1N=C(c2cccs2)C[C@@H]1c1ccccc1Cl. The highest BCUT2D eigenvalue weighted by Crippen LogP contribution is 2.37. The number of amides is 3. The van der Waals surface area contributed by atoms with E-state index in [1.54, 1.807) is 42.6 Å². The average Bonchev–Trinajstić information content (AvgIpc) is 3.50. The van der Waals surface area contributed by atoms with Gasteiger partial charge in [0, 0.05) is 18.5 Å². The van der Waals surface area contributed by atoms with Crippen LogP contribution in [0.25, 0.3) is 0 Å². The fourth-order valence-corrected chi connectivity index (χ4v) is 4.61. The molecule has 0 saturated heterocycles. The van der Waals surface area contributed by atoms with Crippen molar-refractivity contribution in [2.24, 2.45) is 5.10 Å². The van der Waals surface area contributed by atoms with E-state index in [0.29, 0.717) is 22.9 Å². The second kappa shape index (κ2) is 10.1. The molecule has 1 aliphatic rings. The van der Waals surface area contributed by atoms with E-state index in [1.165, 1.54) is 17.0 Å². The van der Waals surface area contributed by atoms with Gasteiger partial charge >= 0.3 is 6.03 Å². The number of para-hydroxylation sites is 2. The molecule has 0 spiro atoms. The summed E-state index contributed by atoms with van der Waals surface area (Å²) < 4.78 is 5.27. The number of thiophene rings is 1. The molecule has 1 atom stereocenters. The zero-order chi connectivity index (χ0) is 23.4. The fraction of sp³-hybridized carbons (Fsp3) is 0.208. The maximum absolute atomic E-state index is 13.3. The Balaban J connectivity index is 1.52. The number of hydrogen-bond donors (Lipinski definition) is 1. The van der Waals surface area contributed by atoms with E-state index in [4.69, 9.17) is 16.3 Å². The van der Waals surface area contributed by atoms with Crippen molar-refractivity contribution in [1.82, 2.24) is 9.91 Å². The molecule has 2 heterocycles. The van der Waals surface area contributed by atoms with Crippen LogP contribution in [0, 0.1) is 0 Å². The van der Waals surface area contributed by atoms with Crippen molar-refractivity contribution in [3.05, 3.63) is 81.5 Å². The molecule has 1 aromatic heterocycles. The topological polar surface area (TPSA) is 74.2 Å². The van der Waals surface area contributed by atoms with Crippen molar-refractivity contribution in [3.63, 3.8) is 0 Å². The minimum atomic E-state index is -0.427. The zero-order valence-electron chi connectivity index (χ0n) is 18.2. The van der Waals surface area contributed by atoms with Gasteiger partial charge in [-0.05, 0) is 35.2 Å². The summed E-state index contributed by atoms with van der Waals surface area (Å²) >= 11 is 8.02. The Labute approximate surface area is 201 Å². The number of hydrogen-bond acceptors (Lipinski definition) is 5. The Morgan fingerprint density at radius 1 is 1.18 bits per heavy atom. The van der Waals surface area contributed by atoms with Crippen molar-refractivity contribution in [2.45, 2.75) is 12.5 Å². The predicted molar refractivity (Wildman–Crippen MR) is 131 cm³/mol. The third kappa shape index (κ3) is 5.02. The van der Waals surface area contributed by atoms with Crippen LogP contribution in [-0.4, -0.2) is 48.3 Å². The van der Waals surface area contributed by atoms with Crippen molar-refractivity contribution in [1.29, 1.82) is 0 Å². The number of halogens is 1. The van der Waals surface area contributed by atoms with E-state index < -0.39 is 6.03 Å². The number of nitrogens with one attached hydrogen (secondary N) is 1. The summed E-state index contributed by atoms with van der Waals surface area (Å²) in [6.07, 6.45) is 0.549. The maximum Gasteiger partial charge on any atom is 0.322 e. The van der Waals surface area contributed by atoms with Gasteiger partial charge in [-0.3, -0.25) is 4.79 Å². The predicted octanol–water partition coefficient (Wildman–Crippen LogP) is 5.25. The molecule has 0 unspecified atom stereocenters. The van der Waals surface area contributed by atoms with Crippen molar-refractivity contribution >= 4 is 46.3 Å². The van der Waals surface area contributed by atoms with Gasteiger partial charge in [-0.1, -0.05) is 48.0 Å². The van der Waals surface area contributed by atoms with E-state index in [9.17, 15) is 9.59 Å². The van der Waals surface area contributed by atoms with Gasteiger partial charge in [-0.15, -0.1) is 11.3 Å². The van der Waals surface area contributed by atoms with Gasteiger partial charge < -0.3 is 15.0 Å². The summed E-state index contributed by atoms with van der Waals surface area (Å²) in [5.41, 5.74) is 2.17. The number of methoxy groups -OCH3 is 1. The average molecular weight is 483 g/mol. The van der Waals surface area contributed by atoms with E-state index in [2.05, 4.69) is 10.4 Å². The third-order valence-electron chi connectivity index (χ3n) is 5.30. The molecule has 3 aromatic rings. The monoisotopic (exact) mass is 482 g/mol. The van der Waals surface area contributed by atoms with Crippen molar-refractivity contribution in [2.75, 3.05) is 26.0 Å². The van der Waals surface area contributed by atoms with Crippen molar-refractivity contribution < 1.29 is 14.3 Å². The summed E-state index contributed by atoms with van der Waals surface area (Å²) in [6.45, 7) is -0.150. The number of benzene rings is 2. The Morgan fingerprint density at radius 3 is 2.67 bits per heavy atom. The number of nitrogens with zero attached hydrogens (tertiary/aromatic N) is 3. The molecule has 0 saturated carbocycles. The lowest BCUT2D eigenvalue weighted by molar-refractivity contribution is -0.133. The quantitative estimate of drug-likeness (QED) is 0.521. The molecule has 4 rings (SSSR count). The molecular weight excluding hydrogens is 460 g/mol. The van der Waals surface area contributed by atoms with Crippen LogP contribution in [0.2, 0.25) is 5.02 Å². The van der Waals surface area contributed by atoms with Crippen LogP contribution in [-0.2, 0) is 4.79 Å². The molecule has 9 heteroatoms. The molecule has 0 aliphatic carbocycles. The van der Waals surface area contributed by atoms with Gasteiger partial charge in [0.15, 0.2) is 0 Å². The molecule has 1 N–H and O–H groups in total. The number of hydrazone groups is 1. The van der Waals surface area contributed by atoms with Gasteiger partial charge in [-0.25, -0.2) is 9.80 Å². The first-order chi connectivity index (χ1) is 16.0. The Bertz CT molecular complexity index is 1180. The van der Waals surface area contributed by atoms with Crippen molar-refractivity contribution in [3.8, 4) is 5.75 Å². The first-order valence-electron chi connectivity index (χ1n) is 10.3. The molecule has 1 aliphatic heterocycles. The van der Waals surface area contributed by atoms with Crippen LogP contribution < -0.4 is 10.1 Å². The molecule has 170 valence electrons. The van der Waals surface area contributed by atoms with Crippen LogP contribution in [0.15, 0.2) is 71.1 Å². The zero-order valence-corrected chi connectivity index (χ0v) is 19.8. The van der Waals surface area contributed by atoms with E-state index >= 15 is 0 Å². The van der Waals surface area contributed by atoms with E-state index in [1.807, 2.05) is 41.8 Å². The molecular formula is C24H23ClN4O3S. The minimum Gasteiger partial charge on any atom is -0.495 e. The van der Waals surface area contributed by atoms with E-state index in [0.717, 1.165) is 16.2 Å². The minimum absolute atomic E-state index is 0.150. The van der Waals surface area contributed by atoms with Gasteiger partial charge in [-0.2, -0.15) is 5.10 Å². The number of rotatable bonds is 6. The summed E-state index contributed by atoms with van der Waals surface area (Å²) in [5, 5.41) is 11.4. The van der Waals surface area contributed by atoms with Gasteiger partial charge in [0.2, 0.25) is 0 Å². The number of anilines is 1. The van der Waals surface area contributed by atoms with Crippen LogP contribution in [0.1, 0.15) is 22.9 Å². The first kappa shape index (κ1) is 22.8. The first-order valence-corrected chi connectivity index (χ1v) is 11.6. The molecule has 0 fully saturated rings. The van der Waals surface area contributed by atoms with Gasteiger partial charge in [0.25, 0.3) is 5.91 Å². The number of ether oxygens (including phenoxy) is 1. The molecule has 3 amide bonds. The highest BCUT2D eigenvalue weighted by molar-refractivity contribution is 7.12. The largest absolute Gasteiger partial charge is 0.495 e. The molecule has 0 radical (unpaired) electrons. The smallest absolute Gasteiger partial charge is 0.322 e. The molecule has 2 aromatic carbocycles. The summed E-state index contributed by atoms with van der Waals surface area (Å²) in [4.78, 5) is 28.3. The molecule has 7 nitrogen and oxygen atoms in total. The summed E-state index contributed by atoms with van der Waals surface area (Å²) in [5.74, 6) is 0.234. The third-order valence-corrected chi connectivity index (χ3v) is 6.57. The van der Waals surface area contributed by atoms with E-state index in [-0.39, 0.29) is 18.5 Å². The van der Waals surface area contributed by atoms with Crippen LogP contribution in [0.5, 0.6) is 5.75 Å². The summed E-state index contributed by atoms with van der Waals surface area (Å²) in [7, 11) is 3.09. The second-order valence-corrected chi connectivity index (χ2v) is 8.85. The Morgan fingerprint density at radius 2 is 1.94 bits per heavy atom. The molecule has 33 heavy (non-hydrogen) atoms. The molecule has 0 bridgehead atoms. The number of likely N-dealkylation sites (N-methyl/N-ethyl adjacent to an activating group) is 1. The number of urea groups is 1. The fourth-order valence-electron chi connectivity index (χ4n) is 3.63. The standard InChI is InChI=1S/C24H23ClN4O3S/c1-28(24(31)26-18-10-5-6-11-21(18)32-2)15-23(30)29-20(16-8-3-4-9-17(16)25)14-19(27-29)22-12-7-13-33-22/h3-13,20H,14-15H2,1-2H3,(H,26,31)/t20-/m1/s1. The van der Waals surface area contributed by atoms with Crippen LogP contribution in [0.4, 0.5) is 10.5 Å². The normalized spacial score (nSPS) is 15.2. The lowest BCUT2D eigenvalue weighted by Crippen LogP contribution is -2.41. The highest BCUT2D eigenvalue weighted by atomic mass is 35.5.